The predicted molar refractivity (Wildman–Crippen MR) is 42.6 cm³/mol. The number of alkyl halides is 2. The number of nitrogens with zero attached hydrogens (tertiary/aromatic N) is 3. The molecule has 1 atom stereocenters. The van der Waals surface area contributed by atoms with Gasteiger partial charge in [0.25, 0.3) is 6.43 Å². The average Bonchev–Trinajstić information content (AvgIpc) is 2.62. The Labute approximate surface area is 76.8 Å². The van der Waals surface area contributed by atoms with Crippen LogP contribution in [0.2, 0.25) is 0 Å². The second-order valence-corrected chi connectivity index (χ2v) is 2.71. The lowest BCUT2D eigenvalue weighted by atomic mass is 10.1. The summed E-state index contributed by atoms with van der Waals surface area (Å²) in [6.45, 7) is 0. The highest BCUT2D eigenvalue weighted by atomic mass is 19.3. The number of aromatic amines is 1. The van der Waals surface area contributed by atoms with Crippen LogP contribution in [0.15, 0.2) is 12.3 Å². The molecule has 2 aromatic heterocycles. The number of aliphatic hydroxyl groups is 1. The molecule has 5 nitrogen and oxygen atoms in total. The highest BCUT2D eigenvalue weighted by molar-refractivity contribution is 5.69. The molecule has 0 aliphatic heterocycles. The Morgan fingerprint density at radius 3 is 2.86 bits per heavy atom. The fourth-order valence-electron chi connectivity index (χ4n) is 1.06. The Hall–Kier alpha value is -1.63. The zero-order valence-corrected chi connectivity index (χ0v) is 6.85. The van der Waals surface area contributed by atoms with E-state index in [0.717, 1.165) is 6.20 Å². The van der Waals surface area contributed by atoms with Crippen LogP contribution < -0.4 is 0 Å². The van der Waals surface area contributed by atoms with Crippen LogP contribution in [0.3, 0.4) is 0 Å². The van der Waals surface area contributed by atoms with Gasteiger partial charge in [-0.3, -0.25) is 0 Å². The lowest BCUT2D eigenvalue weighted by Gasteiger charge is -2.07. The molecule has 74 valence electrons. The molecule has 2 rings (SSSR count). The van der Waals surface area contributed by atoms with E-state index in [2.05, 4.69) is 20.4 Å². The van der Waals surface area contributed by atoms with Gasteiger partial charge in [-0.2, -0.15) is 10.3 Å². The van der Waals surface area contributed by atoms with Crippen molar-refractivity contribution in [3.8, 4) is 0 Å². The van der Waals surface area contributed by atoms with Gasteiger partial charge >= 0.3 is 0 Å². The van der Waals surface area contributed by atoms with Crippen LogP contribution in [-0.4, -0.2) is 31.9 Å². The molecule has 7 heteroatoms. The van der Waals surface area contributed by atoms with Crippen molar-refractivity contribution >= 4 is 11.2 Å². The molecule has 2 aromatic rings. The quantitative estimate of drug-likeness (QED) is 0.746. The first-order valence-electron chi connectivity index (χ1n) is 3.81. The fourth-order valence-corrected chi connectivity index (χ4v) is 1.06. The molecule has 2 N–H and O–H groups in total. The number of nitrogens with one attached hydrogen (secondary N) is 1. The van der Waals surface area contributed by atoms with E-state index in [0.29, 0.717) is 11.2 Å². The van der Waals surface area contributed by atoms with Gasteiger partial charge in [-0.05, 0) is 6.07 Å². The van der Waals surface area contributed by atoms with E-state index in [1.165, 1.54) is 6.07 Å². The molecule has 0 spiro atoms. The highest BCUT2D eigenvalue weighted by Crippen LogP contribution is 2.21. The van der Waals surface area contributed by atoms with E-state index < -0.39 is 12.5 Å². The van der Waals surface area contributed by atoms with Crippen molar-refractivity contribution in [3.05, 3.63) is 17.8 Å². The first-order valence-corrected chi connectivity index (χ1v) is 3.81. The summed E-state index contributed by atoms with van der Waals surface area (Å²) in [6.07, 6.45) is -3.51. The number of H-pyrrole nitrogens is 1. The summed E-state index contributed by atoms with van der Waals surface area (Å²) in [7, 11) is 0. The molecule has 2 heterocycles. The third kappa shape index (κ3) is 1.41. The molecule has 0 aliphatic carbocycles. The zero-order chi connectivity index (χ0) is 10.1. The third-order valence-electron chi connectivity index (χ3n) is 1.77. The number of fused-ring (bicyclic) bond motifs is 1. The summed E-state index contributed by atoms with van der Waals surface area (Å²) in [5.41, 5.74) is 0.707. The Morgan fingerprint density at radius 2 is 2.14 bits per heavy atom. The molecule has 0 fully saturated rings. The summed E-state index contributed by atoms with van der Waals surface area (Å²) in [5, 5.41) is 18.7. The van der Waals surface area contributed by atoms with Gasteiger partial charge < -0.3 is 5.11 Å². The molecule has 0 saturated carbocycles. The number of hydrogen-bond acceptors (Lipinski definition) is 4. The minimum absolute atomic E-state index is 0.0291. The van der Waals surface area contributed by atoms with Crippen LogP contribution in [0.25, 0.3) is 11.2 Å². The topological polar surface area (TPSA) is 74.7 Å². The van der Waals surface area contributed by atoms with E-state index in [9.17, 15) is 8.78 Å². The Balaban J connectivity index is 2.43. The van der Waals surface area contributed by atoms with E-state index in [4.69, 9.17) is 5.11 Å². The standard InChI is InChI=1S/C7H6F2N4O/c8-6(9)5(14)3-1-4-7(10-2-3)12-13-11-4/h1-2,5-6,14H,(H,10,11,12,13). The lowest BCUT2D eigenvalue weighted by molar-refractivity contribution is -0.00588. The van der Waals surface area contributed by atoms with E-state index in [1.807, 2.05) is 0 Å². The van der Waals surface area contributed by atoms with Crippen molar-refractivity contribution in [1.82, 2.24) is 20.4 Å². The van der Waals surface area contributed by atoms with E-state index in [1.54, 1.807) is 0 Å². The fraction of sp³-hybridized carbons (Fsp3) is 0.286. The van der Waals surface area contributed by atoms with Crippen LogP contribution in [-0.2, 0) is 0 Å². The molecule has 0 aliphatic rings. The average molecular weight is 200 g/mol. The Bertz CT molecular complexity index is 444. The number of pyridine rings is 1. The van der Waals surface area contributed by atoms with Crippen LogP contribution in [0.1, 0.15) is 11.7 Å². The molecular formula is C7H6F2N4O. The van der Waals surface area contributed by atoms with Crippen LogP contribution in [0.4, 0.5) is 8.78 Å². The maximum absolute atomic E-state index is 12.1. The van der Waals surface area contributed by atoms with Crippen LogP contribution >= 0.6 is 0 Å². The third-order valence-corrected chi connectivity index (χ3v) is 1.77. The van der Waals surface area contributed by atoms with Crippen molar-refractivity contribution in [2.45, 2.75) is 12.5 Å². The lowest BCUT2D eigenvalue weighted by Crippen LogP contribution is -2.08. The number of hydrogen-bond donors (Lipinski definition) is 2. The number of halogens is 2. The van der Waals surface area contributed by atoms with Gasteiger partial charge in [0.15, 0.2) is 0 Å². The highest BCUT2D eigenvalue weighted by Gasteiger charge is 2.20. The number of aromatic nitrogens is 4. The number of rotatable bonds is 2. The van der Waals surface area contributed by atoms with Crippen LogP contribution in [0, 0.1) is 0 Å². The van der Waals surface area contributed by atoms with Crippen molar-refractivity contribution < 1.29 is 13.9 Å². The predicted octanol–water partition coefficient (Wildman–Crippen LogP) is 0.651. The maximum Gasteiger partial charge on any atom is 0.268 e. The van der Waals surface area contributed by atoms with Gasteiger partial charge in [-0.25, -0.2) is 13.8 Å². The molecule has 0 bridgehead atoms. The van der Waals surface area contributed by atoms with E-state index in [-0.39, 0.29) is 5.56 Å². The maximum atomic E-state index is 12.1. The largest absolute Gasteiger partial charge is 0.382 e. The molecule has 0 radical (unpaired) electrons. The van der Waals surface area contributed by atoms with Crippen molar-refractivity contribution in [3.63, 3.8) is 0 Å². The second-order valence-electron chi connectivity index (χ2n) is 2.71. The normalized spacial score (nSPS) is 13.7. The first-order chi connectivity index (χ1) is 6.68. The van der Waals surface area contributed by atoms with Gasteiger partial charge in [0.2, 0.25) is 5.65 Å². The van der Waals surface area contributed by atoms with Gasteiger partial charge in [0.1, 0.15) is 11.6 Å². The van der Waals surface area contributed by atoms with Gasteiger partial charge in [0.05, 0.1) is 0 Å². The van der Waals surface area contributed by atoms with Crippen molar-refractivity contribution in [2.24, 2.45) is 0 Å². The van der Waals surface area contributed by atoms with Crippen molar-refractivity contribution in [2.75, 3.05) is 0 Å². The molecule has 0 saturated heterocycles. The zero-order valence-electron chi connectivity index (χ0n) is 6.85. The van der Waals surface area contributed by atoms with Crippen LogP contribution in [0.5, 0.6) is 0 Å². The number of aliphatic hydroxyl groups excluding tert-OH is 1. The molecule has 14 heavy (non-hydrogen) atoms. The van der Waals surface area contributed by atoms with Crippen molar-refractivity contribution in [1.29, 1.82) is 0 Å². The van der Waals surface area contributed by atoms with Gasteiger partial charge in [0, 0.05) is 11.8 Å². The minimum atomic E-state index is -2.83. The summed E-state index contributed by atoms with van der Waals surface area (Å²) in [5.74, 6) is 0. The summed E-state index contributed by atoms with van der Waals surface area (Å²) in [6, 6.07) is 1.32. The molecular weight excluding hydrogens is 194 g/mol. The Morgan fingerprint density at radius 1 is 1.36 bits per heavy atom. The molecule has 1 unspecified atom stereocenters. The molecule has 0 aromatic carbocycles. The summed E-state index contributed by atoms with van der Waals surface area (Å²) in [4.78, 5) is 3.75. The monoisotopic (exact) mass is 200 g/mol. The molecule has 0 amide bonds. The summed E-state index contributed by atoms with van der Waals surface area (Å²) < 4.78 is 24.2. The smallest absolute Gasteiger partial charge is 0.268 e. The van der Waals surface area contributed by atoms with Gasteiger partial charge in [-0.15, -0.1) is 5.10 Å². The van der Waals surface area contributed by atoms with Gasteiger partial charge in [-0.1, -0.05) is 0 Å². The second kappa shape index (κ2) is 3.26. The minimum Gasteiger partial charge on any atom is -0.382 e. The summed E-state index contributed by atoms with van der Waals surface area (Å²) >= 11 is 0. The first kappa shape index (κ1) is 8.95. The van der Waals surface area contributed by atoms with E-state index >= 15 is 0 Å². The SMILES string of the molecule is OC(c1cnc2n[nH]nc2c1)C(F)F. The Kier molecular flexibility index (Phi) is 2.08.